The van der Waals surface area contributed by atoms with Gasteiger partial charge in [0.05, 0.1) is 5.60 Å². The highest BCUT2D eigenvalue weighted by Gasteiger charge is 2.38. The maximum atomic E-state index is 13.0. The molecular weight excluding hydrogens is 442 g/mol. The molecule has 3 fully saturated rings. The summed E-state index contributed by atoms with van der Waals surface area (Å²) in [5.41, 5.74) is 2.31. The van der Waals surface area contributed by atoms with Crippen LogP contribution in [-0.4, -0.2) is 53.7 Å². The molecular formula is C28H39N3O4. The lowest BCUT2D eigenvalue weighted by Gasteiger charge is -2.38. The Morgan fingerprint density at radius 1 is 1.20 bits per heavy atom. The maximum absolute atomic E-state index is 13.0. The summed E-state index contributed by atoms with van der Waals surface area (Å²) in [7, 11) is 0. The van der Waals surface area contributed by atoms with E-state index in [1.165, 1.54) is 12.8 Å². The molecule has 35 heavy (non-hydrogen) atoms. The lowest BCUT2D eigenvalue weighted by atomic mass is 9.87. The zero-order valence-electron chi connectivity index (χ0n) is 21.1. The average molecular weight is 482 g/mol. The quantitative estimate of drug-likeness (QED) is 0.644. The molecule has 0 radical (unpaired) electrons. The van der Waals surface area contributed by atoms with Gasteiger partial charge in [0.2, 0.25) is 5.91 Å². The number of benzene rings is 1. The SMILES string of the molecule is C=C1CCC(N2Cc3cc(O[C@H]4CCCC[C@H]4NCC4CCOC(C)(C)C4)ccc3C2=O)C(=O)N1. The number of ether oxygens (including phenoxy) is 2. The number of nitrogens with zero attached hydrogens (tertiary/aromatic N) is 1. The Bertz CT molecular complexity index is 990. The Balaban J connectivity index is 1.21. The van der Waals surface area contributed by atoms with Gasteiger partial charge in [-0.2, -0.15) is 0 Å². The highest BCUT2D eigenvalue weighted by atomic mass is 16.5. The van der Waals surface area contributed by atoms with Gasteiger partial charge < -0.3 is 25.0 Å². The van der Waals surface area contributed by atoms with E-state index < -0.39 is 6.04 Å². The summed E-state index contributed by atoms with van der Waals surface area (Å²) in [5.74, 6) is 1.23. The van der Waals surface area contributed by atoms with Crippen molar-refractivity contribution in [2.75, 3.05) is 13.2 Å². The standard InChI is InChI=1S/C28H39N3O4/c1-18-8-11-24(26(32)30-18)31-17-20-14-21(9-10-22(20)27(31)33)35-25-7-5-4-6-23(25)29-16-19-12-13-34-28(2,3)15-19/h9-10,14,19,23-25,29H,1,4-8,11-13,15-17H2,2-3H3,(H,30,32)/t19?,23-,24?,25+/m1/s1. The normalized spacial score (nSPS) is 30.7. The van der Waals surface area contributed by atoms with E-state index in [0.717, 1.165) is 55.8 Å². The van der Waals surface area contributed by atoms with Gasteiger partial charge in [-0.3, -0.25) is 9.59 Å². The van der Waals surface area contributed by atoms with E-state index in [0.29, 0.717) is 36.9 Å². The number of allylic oxidation sites excluding steroid dienone is 1. The molecule has 1 saturated carbocycles. The van der Waals surface area contributed by atoms with Crippen LogP contribution < -0.4 is 15.4 Å². The summed E-state index contributed by atoms with van der Waals surface area (Å²) >= 11 is 0. The van der Waals surface area contributed by atoms with Crippen molar-refractivity contribution in [2.24, 2.45) is 5.92 Å². The number of carbonyl (C=O) groups is 2. The van der Waals surface area contributed by atoms with E-state index in [2.05, 4.69) is 31.1 Å². The Hall–Kier alpha value is -2.38. The van der Waals surface area contributed by atoms with Gasteiger partial charge in [0, 0.05) is 30.5 Å². The molecule has 3 heterocycles. The minimum absolute atomic E-state index is 0.0327. The summed E-state index contributed by atoms with van der Waals surface area (Å²) in [6.45, 7) is 10.5. The van der Waals surface area contributed by atoms with Gasteiger partial charge in [0.15, 0.2) is 0 Å². The first kappa shape index (κ1) is 24.3. The van der Waals surface area contributed by atoms with Gasteiger partial charge in [0.1, 0.15) is 17.9 Å². The molecule has 0 aromatic heterocycles. The molecule has 4 atom stereocenters. The van der Waals surface area contributed by atoms with Crippen molar-refractivity contribution >= 4 is 11.8 Å². The van der Waals surface area contributed by atoms with Crippen molar-refractivity contribution in [1.29, 1.82) is 0 Å². The molecule has 4 aliphatic rings. The summed E-state index contributed by atoms with van der Waals surface area (Å²) < 4.78 is 12.4. The monoisotopic (exact) mass is 481 g/mol. The van der Waals surface area contributed by atoms with Gasteiger partial charge >= 0.3 is 0 Å². The third-order valence-electron chi connectivity index (χ3n) is 8.06. The third kappa shape index (κ3) is 5.41. The van der Waals surface area contributed by atoms with Crippen molar-refractivity contribution in [3.8, 4) is 5.75 Å². The van der Waals surface area contributed by atoms with Crippen LogP contribution in [0.5, 0.6) is 5.75 Å². The smallest absolute Gasteiger partial charge is 0.255 e. The maximum Gasteiger partial charge on any atom is 0.255 e. The predicted octanol–water partition coefficient (Wildman–Crippen LogP) is 3.92. The fourth-order valence-corrected chi connectivity index (χ4v) is 6.20. The molecule has 1 aromatic carbocycles. The minimum Gasteiger partial charge on any atom is -0.489 e. The molecule has 2 N–H and O–H groups in total. The van der Waals surface area contributed by atoms with E-state index in [-0.39, 0.29) is 23.5 Å². The van der Waals surface area contributed by atoms with Crippen molar-refractivity contribution in [2.45, 2.75) is 95.5 Å². The zero-order valence-corrected chi connectivity index (χ0v) is 21.1. The number of nitrogens with one attached hydrogen (secondary N) is 2. The Morgan fingerprint density at radius 2 is 2.03 bits per heavy atom. The molecule has 2 amide bonds. The second-order valence-electron chi connectivity index (χ2n) is 11.3. The number of hydrogen-bond donors (Lipinski definition) is 2. The molecule has 7 heteroatoms. The first-order chi connectivity index (χ1) is 16.8. The number of rotatable bonds is 6. The lowest BCUT2D eigenvalue weighted by molar-refractivity contribution is -0.126. The summed E-state index contributed by atoms with van der Waals surface area (Å²) in [5, 5.41) is 6.62. The number of piperidine rings is 1. The van der Waals surface area contributed by atoms with Crippen LogP contribution in [0.4, 0.5) is 0 Å². The van der Waals surface area contributed by atoms with Crippen LogP contribution in [-0.2, 0) is 16.1 Å². The van der Waals surface area contributed by atoms with Gasteiger partial charge in [-0.1, -0.05) is 13.0 Å². The van der Waals surface area contributed by atoms with Gasteiger partial charge in [0.25, 0.3) is 5.91 Å². The highest BCUT2D eigenvalue weighted by Crippen LogP contribution is 2.33. The molecule has 2 unspecified atom stereocenters. The van der Waals surface area contributed by atoms with E-state index in [9.17, 15) is 9.59 Å². The molecule has 0 spiro atoms. The molecule has 0 bridgehead atoms. The third-order valence-corrected chi connectivity index (χ3v) is 8.06. The Kier molecular flexibility index (Phi) is 6.91. The van der Waals surface area contributed by atoms with Crippen molar-refractivity contribution < 1.29 is 19.1 Å². The second-order valence-corrected chi connectivity index (χ2v) is 11.3. The van der Waals surface area contributed by atoms with Gasteiger partial charge in [-0.15, -0.1) is 0 Å². The van der Waals surface area contributed by atoms with Gasteiger partial charge in [-0.05, 0) is 95.0 Å². The van der Waals surface area contributed by atoms with Crippen LogP contribution in [0.25, 0.3) is 0 Å². The van der Waals surface area contributed by atoms with Crippen LogP contribution >= 0.6 is 0 Å². The van der Waals surface area contributed by atoms with Crippen LogP contribution in [0.1, 0.15) is 81.1 Å². The molecule has 7 nitrogen and oxygen atoms in total. The summed E-state index contributed by atoms with van der Waals surface area (Å²) in [6.07, 6.45) is 8.18. The van der Waals surface area contributed by atoms with Crippen molar-refractivity contribution in [1.82, 2.24) is 15.5 Å². The molecule has 2 saturated heterocycles. The van der Waals surface area contributed by atoms with E-state index in [1.54, 1.807) is 4.90 Å². The number of amides is 2. The first-order valence-corrected chi connectivity index (χ1v) is 13.3. The highest BCUT2D eigenvalue weighted by molar-refractivity contribution is 6.01. The Morgan fingerprint density at radius 3 is 2.83 bits per heavy atom. The van der Waals surface area contributed by atoms with E-state index >= 15 is 0 Å². The Labute approximate surface area is 208 Å². The largest absolute Gasteiger partial charge is 0.489 e. The average Bonchev–Trinajstić information content (AvgIpc) is 3.13. The number of carbonyl (C=O) groups excluding carboxylic acids is 2. The van der Waals surface area contributed by atoms with E-state index in [4.69, 9.17) is 9.47 Å². The summed E-state index contributed by atoms with van der Waals surface area (Å²) in [4.78, 5) is 27.2. The fraction of sp³-hybridized carbons (Fsp3) is 0.643. The minimum atomic E-state index is -0.438. The predicted molar refractivity (Wildman–Crippen MR) is 134 cm³/mol. The molecule has 5 rings (SSSR count). The lowest BCUT2D eigenvalue weighted by Crippen LogP contribution is -2.49. The zero-order chi connectivity index (χ0) is 24.6. The number of fused-ring (bicyclic) bond motifs is 1. The number of hydrogen-bond acceptors (Lipinski definition) is 5. The van der Waals surface area contributed by atoms with Crippen LogP contribution in [0, 0.1) is 5.92 Å². The molecule has 190 valence electrons. The summed E-state index contributed by atoms with van der Waals surface area (Å²) in [6, 6.07) is 5.67. The molecule has 1 aromatic rings. The molecule has 3 aliphatic heterocycles. The van der Waals surface area contributed by atoms with Gasteiger partial charge in [-0.25, -0.2) is 0 Å². The van der Waals surface area contributed by atoms with Crippen LogP contribution in [0.2, 0.25) is 0 Å². The van der Waals surface area contributed by atoms with E-state index in [1.807, 2.05) is 18.2 Å². The topological polar surface area (TPSA) is 79.9 Å². The van der Waals surface area contributed by atoms with Crippen LogP contribution in [0.3, 0.4) is 0 Å². The van der Waals surface area contributed by atoms with Crippen LogP contribution in [0.15, 0.2) is 30.5 Å². The van der Waals surface area contributed by atoms with Crippen molar-refractivity contribution in [3.63, 3.8) is 0 Å². The van der Waals surface area contributed by atoms with Crippen molar-refractivity contribution in [3.05, 3.63) is 41.6 Å². The fourth-order valence-electron chi connectivity index (χ4n) is 6.20. The first-order valence-electron chi connectivity index (χ1n) is 13.3. The second kappa shape index (κ2) is 9.94. The molecule has 1 aliphatic carbocycles.